The van der Waals surface area contributed by atoms with E-state index in [2.05, 4.69) is 36.0 Å². The van der Waals surface area contributed by atoms with Crippen LogP contribution in [0, 0.1) is 5.92 Å². The number of rotatable bonds is 6. The van der Waals surface area contributed by atoms with Crippen molar-refractivity contribution in [3.05, 3.63) is 30.1 Å². The summed E-state index contributed by atoms with van der Waals surface area (Å²) >= 11 is 0. The third-order valence-corrected chi connectivity index (χ3v) is 4.58. The zero-order valence-corrected chi connectivity index (χ0v) is 12.0. The molecule has 0 bridgehead atoms. The van der Waals surface area contributed by atoms with Crippen molar-refractivity contribution in [3.63, 3.8) is 0 Å². The molecule has 2 heterocycles. The molecule has 0 aromatic carbocycles. The molecule has 0 radical (unpaired) electrons. The largest absolute Gasteiger partial charge is 0.381 e. The molecule has 0 aliphatic carbocycles. The summed E-state index contributed by atoms with van der Waals surface area (Å²) in [6, 6.07) is 4.15. The summed E-state index contributed by atoms with van der Waals surface area (Å²) in [5.74, 6) is 0.542. The van der Waals surface area contributed by atoms with Gasteiger partial charge in [-0.25, -0.2) is 0 Å². The van der Waals surface area contributed by atoms with Crippen LogP contribution in [0.1, 0.15) is 18.9 Å². The highest BCUT2D eigenvalue weighted by Crippen LogP contribution is 2.29. The second-order valence-corrected chi connectivity index (χ2v) is 5.65. The van der Waals surface area contributed by atoms with E-state index in [4.69, 9.17) is 10.5 Å². The van der Waals surface area contributed by atoms with E-state index in [9.17, 15) is 0 Å². The molecular weight excluding hydrogens is 238 g/mol. The molecule has 2 rings (SSSR count). The molecule has 4 heteroatoms. The SMILES string of the molecule is CN(CCc1ccncc1)C(C)(CN)C1CCOC1. The standard InChI is InChI=1S/C15H25N3O/c1-15(12-16,14-6-10-19-11-14)18(2)9-5-13-3-7-17-8-4-13/h3-4,7-8,14H,5-6,9-12,16H2,1-2H3. The Balaban J connectivity index is 1.94. The summed E-state index contributed by atoms with van der Waals surface area (Å²) < 4.78 is 5.53. The molecule has 1 aliphatic rings. The van der Waals surface area contributed by atoms with Crippen LogP contribution in [0.3, 0.4) is 0 Å². The number of hydrogen-bond acceptors (Lipinski definition) is 4. The summed E-state index contributed by atoms with van der Waals surface area (Å²) in [6.45, 7) is 5.66. The van der Waals surface area contributed by atoms with Gasteiger partial charge < -0.3 is 10.5 Å². The average molecular weight is 263 g/mol. The molecule has 1 aromatic rings. The zero-order chi connectivity index (χ0) is 13.7. The highest BCUT2D eigenvalue weighted by atomic mass is 16.5. The number of ether oxygens (including phenoxy) is 1. The van der Waals surface area contributed by atoms with E-state index in [1.165, 1.54) is 5.56 Å². The van der Waals surface area contributed by atoms with Crippen molar-refractivity contribution in [2.45, 2.75) is 25.3 Å². The first-order valence-corrected chi connectivity index (χ1v) is 7.05. The number of likely N-dealkylation sites (N-methyl/N-ethyl adjacent to an activating group) is 1. The molecule has 4 nitrogen and oxygen atoms in total. The predicted octanol–water partition coefficient (Wildman–Crippen LogP) is 1.31. The van der Waals surface area contributed by atoms with Crippen LogP contribution < -0.4 is 5.73 Å². The lowest BCUT2D eigenvalue weighted by molar-refractivity contribution is 0.0676. The maximum absolute atomic E-state index is 6.05. The average Bonchev–Trinajstić information content (AvgIpc) is 2.99. The van der Waals surface area contributed by atoms with Crippen molar-refractivity contribution in [2.75, 3.05) is 33.4 Å². The van der Waals surface area contributed by atoms with Gasteiger partial charge in [0, 0.05) is 43.5 Å². The van der Waals surface area contributed by atoms with Crippen LogP contribution in [0.25, 0.3) is 0 Å². The van der Waals surface area contributed by atoms with Crippen LogP contribution in [0.5, 0.6) is 0 Å². The van der Waals surface area contributed by atoms with Gasteiger partial charge in [0.1, 0.15) is 0 Å². The molecule has 0 saturated carbocycles. The van der Waals surface area contributed by atoms with Crippen molar-refractivity contribution < 1.29 is 4.74 Å². The van der Waals surface area contributed by atoms with Crippen molar-refractivity contribution >= 4 is 0 Å². The highest BCUT2D eigenvalue weighted by molar-refractivity contribution is 5.10. The third-order valence-electron chi connectivity index (χ3n) is 4.58. The number of aromatic nitrogens is 1. The van der Waals surface area contributed by atoms with Gasteiger partial charge in [-0.05, 0) is 44.5 Å². The number of nitrogens with two attached hydrogens (primary N) is 1. The smallest absolute Gasteiger partial charge is 0.0513 e. The van der Waals surface area contributed by atoms with Gasteiger partial charge in [0.05, 0.1) is 6.61 Å². The van der Waals surface area contributed by atoms with E-state index >= 15 is 0 Å². The Morgan fingerprint density at radius 2 is 2.21 bits per heavy atom. The van der Waals surface area contributed by atoms with Gasteiger partial charge >= 0.3 is 0 Å². The van der Waals surface area contributed by atoms with Crippen LogP contribution in [0.4, 0.5) is 0 Å². The molecule has 19 heavy (non-hydrogen) atoms. The first-order valence-electron chi connectivity index (χ1n) is 7.05. The summed E-state index contributed by atoms with van der Waals surface area (Å²) in [5, 5.41) is 0. The fourth-order valence-electron chi connectivity index (χ4n) is 2.76. The quantitative estimate of drug-likeness (QED) is 0.841. The Morgan fingerprint density at radius 3 is 2.79 bits per heavy atom. The Hall–Kier alpha value is -0.970. The van der Waals surface area contributed by atoms with Gasteiger partial charge in [0.25, 0.3) is 0 Å². The van der Waals surface area contributed by atoms with Crippen LogP contribution >= 0.6 is 0 Å². The molecule has 2 N–H and O–H groups in total. The lowest BCUT2D eigenvalue weighted by atomic mass is 9.83. The van der Waals surface area contributed by atoms with E-state index in [0.717, 1.165) is 32.6 Å². The minimum Gasteiger partial charge on any atom is -0.381 e. The molecule has 1 aromatic heterocycles. The van der Waals surface area contributed by atoms with Gasteiger partial charge in [-0.1, -0.05) is 0 Å². The van der Waals surface area contributed by atoms with Crippen molar-refractivity contribution in [3.8, 4) is 0 Å². The monoisotopic (exact) mass is 263 g/mol. The molecule has 0 spiro atoms. The Kier molecular flexibility index (Phi) is 4.91. The van der Waals surface area contributed by atoms with Crippen LogP contribution in [0.2, 0.25) is 0 Å². The van der Waals surface area contributed by atoms with Crippen LogP contribution in [-0.4, -0.2) is 48.8 Å². The van der Waals surface area contributed by atoms with Gasteiger partial charge in [0.15, 0.2) is 0 Å². The lowest BCUT2D eigenvalue weighted by Gasteiger charge is -2.42. The Labute approximate surface area is 116 Å². The Bertz CT molecular complexity index is 378. The molecule has 0 amide bonds. The molecule has 2 atom stereocenters. The topological polar surface area (TPSA) is 51.4 Å². The van der Waals surface area contributed by atoms with Gasteiger partial charge in [-0.3, -0.25) is 9.88 Å². The summed E-state index contributed by atoms with van der Waals surface area (Å²) in [5.41, 5.74) is 7.40. The molecular formula is C15H25N3O. The van der Waals surface area contributed by atoms with E-state index in [0.29, 0.717) is 12.5 Å². The number of hydrogen-bond donors (Lipinski definition) is 1. The lowest BCUT2D eigenvalue weighted by Crippen LogP contribution is -2.55. The fourth-order valence-corrected chi connectivity index (χ4v) is 2.76. The van der Waals surface area contributed by atoms with Crippen LogP contribution in [-0.2, 0) is 11.2 Å². The van der Waals surface area contributed by atoms with Crippen molar-refractivity contribution in [1.29, 1.82) is 0 Å². The van der Waals surface area contributed by atoms with Gasteiger partial charge in [0.2, 0.25) is 0 Å². The predicted molar refractivity (Wildman–Crippen MR) is 77.0 cm³/mol. The maximum Gasteiger partial charge on any atom is 0.0513 e. The number of nitrogens with zero attached hydrogens (tertiary/aromatic N) is 2. The minimum atomic E-state index is 0.0313. The summed E-state index contributed by atoms with van der Waals surface area (Å²) in [6.07, 6.45) is 5.85. The van der Waals surface area contributed by atoms with Gasteiger partial charge in [-0.15, -0.1) is 0 Å². The second kappa shape index (κ2) is 6.46. The molecule has 1 fully saturated rings. The van der Waals surface area contributed by atoms with E-state index in [1.54, 1.807) is 0 Å². The zero-order valence-electron chi connectivity index (χ0n) is 12.0. The van der Waals surface area contributed by atoms with E-state index < -0.39 is 0 Å². The Morgan fingerprint density at radius 1 is 1.47 bits per heavy atom. The number of pyridine rings is 1. The third kappa shape index (κ3) is 3.32. The first kappa shape index (κ1) is 14.4. The normalized spacial score (nSPS) is 22.6. The summed E-state index contributed by atoms with van der Waals surface area (Å²) in [4.78, 5) is 6.45. The molecule has 106 valence electrons. The molecule has 1 aliphatic heterocycles. The molecule has 1 saturated heterocycles. The van der Waals surface area contributed by atoms with Crippen molar-refractivity contribution in [2.24, 2.45) is 11.7 Å². The minimum absolute atomic E-state index is 0.0313. The van der Waals surface area contributed by atoms with E-state index in [-0.39, 0.29) is 5.54 Å². The van der Waals surface area contributed by atoms with Crippen molar-refractivity contribution in [1.82, 2.24) is 9.88 Å². The summed E-state index contributed by atoms with van der Waals surface area (Å²) in [7, 11) is 2.17. The fraction of sp³-hybridized carbons (Fsp3) is 0.667. The maximum atomic E-state index is 6.05. The first-order chi connectivity index (χ1) is 9.16. The van der Waals surface area contributed by atoms with E-state index in [1.807, 2.05) is 12.4 Å². The second-order valence-electron chi connectivity index (χ2n) is 5.65. The highest BCUT2D eigenvalue weighted by Gasteiger charge is 2.38. The molecule has 2 unspecified atom stereocenters. The van der Waals surface area contributed by atoms with Gasteiger partial charge in [-0.2, -0.15) is 0 Å². The van der Waals surface area contributed by atoms with Crippen LogP contribution in [0.15, 0.2) is 24.5 Å².